The van der Waals surface area contributed by atoms with Crippen LogP contribution in [0.4, 0.5) is 0 Å². The Kier molecular flexibility index (Phi) is 6.79. The van der Waals surface area contributed by atoms with Crippen molar-refractivity contribution >= 4 is 34.3 Å². The molecule has 0 atom stereocenters. The summed E-state index contributed by atoms with van der Waals surface area (Å²) in [5.41, 5.74) is 2.41. The van der Waals surface area contributed by atoms with Crippen molar-refractivity contribution in [1.82, 2.24) is 14.8 Å². The molecule has 3 aromatic rings. The van der Waals surface area contributed by atoms with Crippen LogP contribution < -0.4 is 14.8 Å². The summed E-state index contributed by atoms with van der Waals surface area (Å²) in [6.07, 6.45) is 3.38. The lowest BCUT2D eigenvalue weighted by Gasteiger charge is -2.33. The molecule has 0 saturated carbocycles. The van der Waals surface area contributed by atoms with Gasteiger partial charge in [0, 0.05) is 42.3 Å². The Bertz CT molecular complexity index is 1160. The van der Waals surface area contributed by atoms with Crippen LogP contribution in [0.25, 0.3) is 10.9 Å². The van der Waals surface area contributed by atoms with E-state index in [1.165, 1.54) is 0 Å². The molecular weight excluding hydrogens is 442 g/mol. The van der Waals surface area contributed by atoms with E-state index in [1.54, 1.807) is 44.2 Å². The van der Waals surface area contributed by atoms with Crippen LogP contribution >= 0.6 is 11.6 Å². The number of carbonyl (C=O) groups excluding carboxylic acids is 2. The molecule has 1 fully saturated rings. The second-order valence-corrected chi connectivity index (χ2v) is 8.58. The van der Waals surface area contributed by atoms with E-state index in [2.05, 4.69) is 5.32 Å². The van der Waals surface area contributed by atoms with Crippen LogP contribution in [0.3, 0.4) is 0 Å². The number of halogens is 1. The molecule has 2 amide bonds. The molecule has 1 saturated heterocycles. The maximum atomic E-state index is 13.5. The fourth-order valence-electron chi connectivity index (χ4n) is 4.62. The molecule has 0 bridgehead atoms. The predicted octanol–water partition coefficient (Wildman–Crippen LogP) is 4.08. The van der Waals surface area contributed by atoms with Gasteiger partial charge in [-0.05, 0) is 43.0 Å². The topological polar surface area (TPSA) is 72.8 Å². The van der Waals surface area contributed by atoms with Gasteiger partial charge in [0.2, 0.25) is 5.91 Å². The third-order valence-corrected chi connectivity index (χ3v) is 6.56. The normalized spacial score (nSPS) is 14.4. The third-order valence-electron chi connectivity index (χ3n) is 6.32. The number of likely N-dealkylation sites (N-methyl/N-ethyl adjacent to an activating group) is 1. The Morgan fingerprint density at radius 3 is 2.36 bits per heavy atom. The molecule has 33 heavy (non-hydrogen) atoms. The summed E-state index contributed by atoms with van der Waals surface area (Å²) in [5, 5.41) is 3.98. The number of amides is 2. The van der Waals surface area contributed by atoms with Crippen LogP contribution in [0.5, 0.6) is 11.5 Å². The standard InChI is InChI=1S/C25H28ClN3O4/c1-27-23(30)15-29-14-19(18-8-7-17(26)13-20(18)29)25(31)28-11-9-16(10-12-28)24-21(32-2)5-4-6-22(24)33-3/h4-8,13-14,16H,9-12,15H2,1-3H3,(H,27,30). The molecule has 0 spiro atoms. The first kappa shape index (κ1) is 23.0. The summed E-state index contributed by atoms with van der Waals surface area (Å²) in [7, 11) is 4.92. The van der Waals surface area contributed by atoms with Crippen molar-refractivity contribution in [3.8, 4) is 11.5 Å². The number of hydrogen-bond donors (Lipinski definition) is 1. The number of carbonyl (C=O) groups is 2. The second-order valence-electron chi connectivity index (χ2n) is 8.15. The number of fused-ring (bicyclic) bond motifs is 1. The van der Waals surface area contributed by atoms with E-state index < -0.39 is 0 Å². The van der Waals surface area contributed by atoms with Gasteiger partial charge in [0.05, 0.1) is 25.3 Å². The smallest absolute Gasteiger partial charge is 0.256 e. The number of aromatic nitrogens is 1. The Labute approximate surface area is 198 Å². The first-order chi connectivity index (χ1) is 16.0. The fraction of sp³-hybridized carbons (Fsp3) is 0.360. The van der Waals surface area contributed by atoms with E-state index in [1.807, 2.05) is 29.2 Å². The van der Waals surface area contributed by atoms with Gasteiger partial charge in [-0.25, -0.2) is 0 Å². The lowest BCUT2D eigenvalue weighted by atomic mass is 9.88. The quantitative estimate of drug-likeness (QED) is 0.590. The van der Waals surface area contributed by atoms with Crippen LogP contribution in [-0.4, -0.2) is 55.6 Å². The van der Waals surface area contributed by atoms with Crippen molar-refractivity contribution in [2.45, 2.75) is 25.3 Å². The van der Waals surface area contributed by atoms with Gasteiger partial charge in [0.25, 0.3) is 5.91 Å². The molecule has 0 unspecified atom stereocenters. The predicted molar refractivity (Wildman–Crippen MR) is 128 cm³/mol. The van der Waals surface area contributed by atoms with Crippen molar-refractivity contribution < 1.29 is 19.1 Å². The third kappa shape index (κ3) is 4.50. The number of nitrogens with zero attached hydrogens (tertiary/aromatic N) is 2. The highest BCUT2D eigenvalue weighted by molar-refractivity contribution is 6.31. The van der Waals surface area contributed by atoms with Gasteiger partial charge in [-0.2, -0.15) is 0 Å². The molecule has 1 aliphatic heterocycles. The van der Waals surface area contributed by atoms with Gasteiger partial charge in [0.1, 0.15) is 18.0 Å². The molecule has 174 valence electrons. The zero-order valence-corrected chi connectivity index (χ0v) is 19.8. The van der Waals surface area contributed by atoms with Crippen LogP contribution in [-0.2, 0) is 11.3 Å². The van der Waals surface area contributed by atoms with Gasteiger partial charge < -0.3 is 24.3 Å². The molecule has 2 aromatic carbocycles. The molecule has 1 aliphatic rings. The Balaban J connectivity index is 1.57. The number of rotatable bonds is 6. The van der Waals surface area contributed by atoms with Crippen molar-refractivity contribution in [3.63, 3.8) is 0 Å². The average Bonchev–Trinajstić information content (AvgIpc) is 3.20. The number of ether oxygens (including phenoxy) is 2. The highest BCUT2D eigenvalue weighted by Crippen LogP contribution is 2.40. The summed E-state index contributed by atoms with van der Waals surface area (Å²) in [4.78, 5) is 27.4. The maximum Gasteiger partial charge on any atom is 0.256 e. The van der Waals surface area contributed by atoms with E-state index in [0.29, 0.717) is 23.7 Å². The van der Waals surface area contributed by atoms with Crippen LogP contribution in [0.15, 0.2) is 42.6 Å². The van der Waals surface area contributed by atoms with Gasteiger partial charge in [-0.15, -0.1) is 0 Å². The van der Waals surface area contributed by atoms with Crippen molar-refractivity contribution in [2.24, 2.45) is 0 Å². The summed E-state index contributed by atoms with van der Waals surface area (Å²) < 4.78 is 12.9. The summed E-state index contributed by atoms with van der Waals surface area (Å²) >= 11 is 6.19. The summed E-state index contributed by atoms with van der Waals surface area (Å²) in [6, 6.07) is 11.2. The molecule has 2 heterocycles. The molecule has 0 aliphatic carbocycles. The van der Waals surface area contributed by atoms with Crippen LogP contribution in [0.2, 0.25) is 5.02 Å². The fourth-order valence-corrected chi connectivity index (χ4v) is 4.79. The first-order valence-corrected chi connectivity index (χ1v) is 11.3. The Morgan fingerprint density at radius 1 is 1.09 bits per heavy atom. The molecule has 0 radical (unpaired) electrons. The monoisotopic (exact) mass is 469 g/mol. The lowest BCUT2D eigenvalue weighted by molar-refractivity contribution is -0.121. The van der Waals surface area contributed by atoms with Crippen molar-refractivity contribution in [2.75, 3.05) is 34.4 Å². The summed E-state index contributed by atoms with van der Waals surface area (Å²) in [6.45, 7) is 1.37. The Hall–Kier alpha value is -3.19. The van der Waals surface area contributed by atoms with Gasteiger partial charge in [0.15, 0.2) is 0 Å². The number of benzene rings is 2. The minimum absolute atomic E-state index is 0.0385. The maximum absolute atomic E-state index is 13.5. The Morgan fingerprint density at radius 2 is 1.76 bits per heavy atom. The van der Waals surface area contributed by atoms with E-state index in [4.69, 9.17) is 21.1 Å². The molecule has 4 rings (SSSR count). The van der Waals surface area contributed by atoms with E-state index in [0.717, 1.165) is 40.8 Å². The molecule has 7 nitrogen and oxygen atoms in total. The van der Waals surface area contributed by atoms with Crippen molar-refractivity contribution in [1.29, 1.82) is 0 Å². The number of methoxy groups -OCH3 is 2. The highest BCUT2D eigenvalue weighted by atomic mass is 35.5. The number of piperidine rings is 1. The van der Waals surface area contributed by atoms with Crippen molar-refractivity contribution in [3.05, 3.63) is 58.7 Å². The lowest BCUT2D eigenvalue weighted by Crippen LogP contribution is -2.38. The van der Waals surface area contributed by atoms with E-state index >= 15 is 0 Å². The first-order valence-electron chi connectivity index (χ1n) is 11.0. The van der Waals surface area contributed by atoms with Gasteiger partial charge in [-0.1, -0.05) is 23.7 Å². The van der Waals surface area contributed by atoms with E-state index in [-0.39, 0.29) is 24.3 Å². The number of likely N-dealkylation sites (tertiary alicyclic amines) is 1. The molecule has 1 N–H and O–H groups in total. The average molecular weight is 470 g/mol. The minimum Gasteiger partial charge on any atom is -0.496 e. The van der Waals surface area contributed by atoms with Crippen LogP contribution in [0, 0.1) is 0 Å². The van der Waals surface area contributed by atoms with E-state index in [9.17, 15) is 9.59 Å². The number of hydrogen-bond acceptors (Lipinski definition) is 4. The van der Waals surface area contributed by atoms with Gasteiger partial charge in [-0.3, -0.25) is 9.59 Å². The highest BCUT2D eigenvalue weighted by Gasteiger charge is 2.29. The van der Waals surface area contributed by atoms with Crippen LogP contribution in [0.1, 0.15) is 34.7 Å². The van der Waals surface area contributed by atoms with Gasteiger partial charge >= 0.3 is 0 Å². The molecule has 1 aromatic heterocycles. The second kappa shape index (κ2) is 9.75. The SMILES string of the molecule is CNC(=O)Cn1cc(C(=O)N2CCC(c3c(OC)cccc3OC)CC2)c2ccc(Cl)cc21. The zero-order valence-electron chi connectivity index (χ0n) is 19.1. The largest absolute Gasteiger partial charge is 0.496 e. The minimum atomic E-state index is -0.141. The summed E-state index contributed by atoms with van der Waals surface area (Å²) in [5.74, 6) is 1.69. The molecular formula is C25H28ClN3O4. The zero-order chi connectivity index (χ0) is 23.5. The molecule has 8 heteroatoms. The number of nitrogens with one attached hydrogen (secondary N) is 1.